The van der Waals surface area contributed by atoms with Crippen LogP contribution in [-0.2, 0) is 9.84 Å². The van der Waals surface area contributed by atoms with E-state index in [0.717, 1.165) is 0 Å². The van der Waals surface area contributed by atoms with Crippen molar-refractivity contribution < 1.29 is 23.0 Å². The van der Waals surface area contributed by atoms with E-state index < -0.39 is 45.5 Å². The van der Waals surface area contributed by atoms with Crippen LogP contribution in [0.15, 0.2) is 24.3 Å². The van der Waals surface area contributed by atoms with Crippen LogP contribution in [0.3, 0.4) is 0 Å². The molecule has 0 aromatic heterocycles. The van der Waals surface area contributed by atoms with E-state index in [4.69, 9.17) is 0 Å². The maximum Gasteiger partial charge on any atom is 0.154 e. The zero-order valence-corrected chi connectivity index (χ0v) is 11.4. The van der Waals surface area contributed by atoms with E-state index in [9.17, 15) is 23.0 Å². The smallest absolute Gasteiger partial charge is 0.154 e. The molecule has 0 aliphatic heterocycles. The lowest BCUT2D eigenvalue weighted by molar-refractivity contribution is 0.130. The molecule has 0 spiro atoms. The van der Waals surface area contributed by atoms with E-state index in [1.807, 2.05) is 0 Å². The molecule has 19 heavy (non-hydrogen) atoms. The Morgan fingerprint density at radius 1 is 1.32 bits per heavy atom. The molecule has 2 rings (SSSR count). The molecule has 2 atom stereocenters. The third-order valence-electron chi connectivity index (χ3n) is 3.97. The maximum atomic E-state index is 13.2. The van der Waals surface area contributed by atoms with Crippen molar-refractivity contribution in [2.45, 2.75) is 18.1 Å². The quantitative estimate of drug-likeness (QED) is 0.836. The van der Waals surface area contributed by atoms with Gasteiger partial charge in [-0.2, -0.15) is 0 Å². The van der Waals surface area contributed by atoms with Crippen molar-refractivity contribution in [1.82, 2.24) is 0 Å². The van der Waals surface area contributed by atoms with Gasteiger partial charge >= 0.3 is 0 Å². The van der Waals surface area contributed by atoms with Crippen molar-refractivity contribution in [2.24, 2.45) is 5.41 Å². The van der Waals surface area contributed by atoms with Gasteiger partial charge < -0.3 is 10.2 Å². The van der Waals surface area contributed by atoms with Crippen LogP contribution >= 0.6 is 0 Å². The molecule has 4 nitrogen and oxygen atoms in total. The van der Waals surface area contributed by atoms with E-state index >= 15 is 0 Å². The van der Waals surface area contributed by atoms with Crippen molar-refractivity contribution in [3.05, 3.63) is 35.6 Å². The lowest BCUT2D eigenvalue weighted by Gasteiger charge is -2.10. The van der Waals surface area contributed by atoms with Crippen molar-refractivity contribution in [3.63, 3.8) is 0 Å². The largest absolute Gasteiger partial charge is 0.396 e. The van der Waals surface area contributed by atoms with Gasteiger partial charge in [0.05, 0.1) is 18.5 Å². The molecule has 0 bridgehead atoms. The van der Waals surface area contributed by atoms with Crippen LogP contribution in [0.2, 0.25) is 0 Å². The predicted octanol–water partition coefficient (Wildman–Crippen LogP) is 0.697. The number of aliphatic hydroxyl groups is 2. The molecule has 1 aliphatic rings. The summed E-state index contributed by atoms with van der Waals surface area (Å²) in [6.45, 7) is 0.652. The first-order valence-electron chi connectivity index (χ1n) is 6.11. The third-order valence-corrected chi connectivity index (χ3v) is 6.29. The first-order valence-corrected chi connectivity index (χ1v) is 7.83. The highest BCUT2D eigenvalue weighted by Crippen LogP contribution is 2.62. The summed E-state index contributed by atoms with van der Waals surface area (Å²) in [4.78, 5) is 0. The van der Waals surface area contributed by atoms with Gasteiger partial charge in [0.15, 0.2) is 9.84 Å². The zero-order chi connectivity index (χ0) is 14.3. The van der Waals surface area contributed by atoms with Crippen LogP contribution in [0.5, 0.6) is 0 Å². The van der Waals surface area contributed by atoms with Gasteiger partial charge in [0.1, 0.15) is 5.82 Å². The summed E-state index contributed by atoms with van der Waals surface area (Å²) in [6.07, 6.45) is 0. The molecule has 6 heteroatoms. The van der Waals surface area contributed by atoms with Gasteiger partial charge in [-0.3, -0.25) is 0 Å². The molecule has 0 radical (unpaired) electrons. The van der Waals surface area contributed by atoms with Crippen molar-refractivity contribution in [1.29, 1.82) is 0 Å². The predicted molar refractivity (Wildman–Crippen MR) is 69.0 cm³/mol. The summed E-state index contributed by atoms with van der Waals surface area (Å²) in [5.74, 6) is -1.07. The summed E-state index contributed by atoms with van der Waals surface area (Å²) in [6, 6.07) is 5.65. The molecule has 0 amide bonds. The minimum Gasteiger partial charge on any atom is -0.396 e. The van der Waals surface area contributed by atoms with E-state index in [2.05, 4.69) is 0 Å². The fourth-order valence-electron chi connectivity index (χ4n) is 2.83. The molecule has 1 aromatic carbocycles. The summed E-state index contributed by atoms with van der Waals surface area (Å²) in [5, 5.41) is 18.1. The number of benzene rings is 1. The van der Waals surface area contributed by atoms with E-state index in [1.54, 1.807) is 6.07 Å². The Kier molecular flexibility index (Phi) is 3.68. The zero-order valence-electron chi connectivity index (χ0n) is 10.6. The minimum absolute atomic E-state index is 0.0643. The minimum atomic E-state index is -3.41. The van der Waals surface area contributed by atoms with Gasteiger partial charge in [0.2, 0.25) is 0 Å². The Bertz CT molecular complexity index is 566. The second-order valence-corrected chi connectivity index (χ2v) is 7.37. The molecule has 1 saturated carbocycles. The molecule has 106 valence electrons. The highest BCUT2D eigenvalue weighted by Gasteiger charge is 2.69. The number of halogens is 1. The normalized spacial score (nSPS) is 25.3. The SMILES string of the molecule is CCS(=O)(=O)[C@@H]1[C@@H](c2cccc(F)c2)C1(CO)CO. The Morgan fingerprint density at radius 3 is 2.42 bits per heavy atom. The van der Waals surface area contributed by atoms with Gasteiger partial charge in [-0.15, -0.1) is 0 Å². The highest BCUT2D eigenvalue weighted by molar-refractivity contribution is 7.92. The van der Waals surface area contributed by atoms with Gasteiger partial charge in [-0.05, 0) is 17.7 Å². The molecule has 1 aromatic rings. The first-order chi connectivity index (χ1) is 8.93. The summed E-state index contributed by atoms with van der Waals surface area (Å²) in [5.41, 5.74) is -0.590. The van der Waals surface area contributed by atoms with Crippen molar-refractivity contribution in [2.75, 3.05) is 19.0 Å². The molecule has 1 aliphatic carbocycles. The van der Waals surface area contributed by atoms with Gasteiger partial charge in [0, 0.05) is 17.1 Å². The summed E-state index contributed by atoms with van der Waals surface area (Å²) < 4.78 is 37.3. The average Bonchev–Trinajstić information content (AvgIpc) is 3.09. The standard InChI is InChI=1S/C13H17FO4S/c1-2-19(17,18)12-11(13(12,7-15)8-16)9-4-3-5-10(14)6-9/h3-6,11-12,15-16H,2,7-8H2,1H3/t11-,12-/m1/s1. The van der Waals surface area contributed by atoms with Crippen LogP contribution in [0.1, 0.15) is 18.4 Å². The van der Waals surface area contributed by atoms with Crippen LogP contribution in [0, 0.1) is 11.2 Å². The second kappa shape index (κ2) is 4.85. The van der Waals surface area contributed by atoms with Gasteiger partial charge in [0.25, 0.3) is 0 Å². The molecular weight excluding hydrogens is 271 g/mol. The number of aliphatic hydroxyl groups excluding tert-OH is 2. The number of hydrogen-bond acceptors (Lipinski definition) is 4. The molecular formula is C13H17FO4S. The van der Waals surface area contributed by atoms with Gasteiger partial charge in [-0.1, -0.05) is 19.1 Å². The van der Waals surface area contributed by atoms with Crippen LogP contribution < -0.4 is 0 Å². The Labute approximate surface area is 111 Å². The third kappa shape index (κ3) is 2.17. The van der Waals surface area contributed by atoms with Crippen LogP contribution in [0.25, 0.3) is 0 Å². The average molecular weight is 288 g/mol. The highest BCUT2D eigenvalue weighted by atomic mass is 32.2. The topological polar surface area (TPSA) is 74.6 Å². The van der Waals surface area contributed by atoms with E-state index in [-0.39, 0.29) is 5.75 Å². The Hall–Kier alpha value is -0.980. The van der Waals surface area contributed by atoms with Crippen LogP contribution in [-0.4, -0.2) is 42.8 Å². The van der Waals surface area contributed by atoms with Crippen molar-refractivity contribution in [3.8, 4) is 0 Å². The fraction of sp³-hybridized carbons (Fsp3) is 0.538. The Morgan fingerprint density at radius 2 is 1.95 bits per heavy atom. The fourth-order valence-corrected chi connectivity index (χ4v) is 4.97. The monoisotopic (exact) mass is 288 g/mol. The first kappa shape index (κ1) is 14.4. The van der Waals surface area contributed by atoms with E-state index in [0.29, 0.717) is 5.56 Å². The number of rotatable bonds is 5. The van der Waals surface area contributed by atoms with Crippen molar-refractivity contribution >= 4 is 9.84 Å². The summed E-state index contributed by atoms with van der Waals surface area (Å²) in [7, 11) is -3.41. The molecule has 1 fully saturated rings. The van der Waals surface area contributed by atoms with Crippen LogP contribution in [0.4, 0.5) is 4.39 Å². The molecule has 0 heterocycles. The lowest BCUT2D eigenvalue weighted by Crippen LogP contribution is -2.23. The molecule has 0 saturated heterocycles. The maximum absolute atomic E-state index is 13.2. The number of sulfone groups is 1. The number of hydrogen-bond donors (Lipinski definition) is 2. The second-order valence-electron chi connectivity index (χ2n) is 4.95. The summed E-state index contributed by atoms with van der Waals surface area (Å²) >= 11 is 0. The molecule has 0 unspecified atom stereocenters. The van der Waals surface area contributed by atoms with E-state index in [1.165, 1.54) is 25.1 Å². The van der Waals surface area contributed by atoms with Gasteiger partial charge in [-0.25, -0.2) is 12.8 Å². The lowest BCUT2D eigenvalue weighted by atomic mass is 10.0. The Balaban J connectivity index is 2.45. The molecule has 2 N–H and O–H groups in total.